The third kappa shape index (κ3) is 6.60. The van der Waals surface area contributed by atoms with Crippen LogP contribution in [0.5, 0.6) is 0 Å². The van der Waals surface area contributed by atoms with Crippen molar-refractivity contribution < 1.29 is 9.53 Å². The average molecular weight is 495 g/mol. The van der Waals surface area contributed by atoms with Crippen LogP contribution in [0.25, 0.3) is 6.08 Å². The van der Waals surface area contributed by atoms with Crippen molar-refractivity contribution in [3.63, 3.8) is 0 Å². The zero-order valence-corrected chi connectivity index (χ0v) is 21.5. The van der Waals surface area contributed by atoms with Crippen LogP contribution in [-0.2, 0) is 22.6 Å². The third-order valence-electron chi connectivity index (χ3n) is 5.07. The van der Waals surface area contributed by atoms with Crippen LogP contribution in [0.2, 0.25) is 5.15 Å². The van der Waals surface area contributed by atoms with Gasteiger partial charge in [-0.05, 0) is 31.3 Å². The van der Waals surface area contributed by atoms with E-state index in [1.165, 1.54) is 15.5 Å². The molecule has 10 nitrogen and oxygen atoms in total. The molecule has 0 aliphatic carbocycles. The lowest BCUT2D eigenvalue weighted by atomic mass is 10.2. The van der Waals surface area contributed by atoms with Gasteiger partial charge in [0.15, 0.2) is 5.69 Å². The van der Waals surface area contributed by atoms with E-state index in [1.807, 2.05) is 20.8 Å². The van der Waals surface area contributed by atoms with Crippen molar-refractivity contribution in [1.82, 2.24) is 19.3 Å². The minimum atomic E-state index is -0.722. The summed E-state index contributed by atoms with van der Waals surface area (Å²) in [5.74, 6) is -0.0812. The van der Waals surface area contributed by atoms with Gasteiger partial charge >= 0.3 is 5.69 Å². The van der Waals surface area contributed by atoms with Crippen LogP contribution >= 0.6 is 11.6 Å². The van der Waals surface area contributed by atoms with Crippen molar-refractivity contribution in [3.05, 3.63) is 43.3 Å². The van der Waals surface area contributed by atoms with Crippen molar-refractivity contribution in [2.45, 2.75) is 54.1 Å². The monoisotopic (exact) mass is 494 g/mol. The van der Waals surface area contributed by atoms with E-state index in [1.54, 1.807) is 17.9 Å². The normalized spacial score (nSPS) is 11.8. The molecule has 0 unspecified atom stereocenters. The van der Waals surface area contributed by atoms with E-state index in [-0.39, 0.29) is 24.0 Å². The number of nitrogen functional groups attached to an aromatic ring is 1. The average Bonchev–Trinajstić information content (AvgIpc) is 2.99. The summed E-state index contributed by atoms with van der Waals surface area (Å²) >= 11 is 6.49. The Bertz CT molecular complexity index is 1150. The molecule has 0 saturated heterocycles. The summed E-state index contributed by atoms with van der Waals surface area (Å²) in [6, 6.07) is 0. The van der Waals surface area contributed by atoms with Gasteiger partial charge in [0, 0.05) is 45.0 Å². The topological polar surface area (TPSA) is 128 Å². The van der Waals surface area contributed by atoms with Crippen molar-refractivity contribution in [3.8, 4) is 0 Å². The number of hydrogen-bond acceptors (Lipinski definition) is 6. The molecule has 0 atom stereocenters. The number of aromatic amines is 1. The summed E-state index contributed by atoms with van der Waals surface area (Å²) in [7, 11) is 1.55. The fraction of sp³-hybridized carbons (Fsp3) is 0.565. The first-order chi connectivity index (χ1) is 16.0. The van der Waals surface area contributed by atoms with Gasteiger partial charge in [0.2, 0.25) is 0 Å². The number of nitrogens with zero attached hydrogens (tertiary/aromatic N) is 4. The summed E-state index contributed by atoms with van der Waals surface area (Å²) in [4.78, 5) is 41.9. The van der Waals surface area contributed by atoms with Gasteiger partial charge in [-0.15, -0.1) is 0 Å². The highest BCUT2D eigenvalue weighted by atomic mass is 35.5. The van der Waals surface area contributed by atoms with Gasteiger partial charge in [0.05, 0.1) is 5.69 Å². The number of H-pyrrole nitrogens is 1. The summed E-state index contributed by atoms with van der Waals surface area (Å²) in [5, 5.41) is 4.88. The predicted octanol–water partition coefficient (Wildman–Crippen LogP) is 2.67. The molecule has 3 N–H and O–H groups in total. The van der Waals surface area contributed by atoms with Gasteiger partial charge in [-0.2, -0.15) is 5.10 Å². The number of amides is 1. The van der Waals surface area contributed by atoms with Crippen molar-refractivity contribution in [1.29, 1.82) is 0 Å². The van der Waals surface area contributed by atoms with Crippen molar-refractivity contribution in [2.24, 2.45) is 11.8 Å². The van der Waals surface area contributed by atoms with Crippen LogP contribution in [0.1, 0.15) is 45.4 Å². The number of halogens is 1. The number of carbonyl (C=O) groups is 1. The molecular weight excluding hydrogens is 460 g/mol. The van der Waals surface area contributed by atoms with Crippen LogP contribution in [-0.4, -0.2) is 45.5 Å². The van der Waals surface area contributed by atoms with Gasteiger partial charge < -0.3 is 15.4 Å². The van der Waals surface area contributed by atoms with Gasteiger partial charge in [0.1, 0.15) is 11.0 Å². The fourth-order valence-corrected chi connectivity index (χ4v) is 3.86. The number of carbonyl (C=O) groups excluding carboxylic acids is 1. The highest BCUT2D eigenvalue weighted by Gasteiger charge is 2.23. The lowest BCUT2D eigenvalue weighted by Gasteiger charge is -2.24. The van der Waals surface area contributed by atoms with E-state index >= 15 is 0 Å². The molecule has 0 fully saturated rings. The van der Waals surface area contributed by atoms with Crippen LogP contribution in [0.15, 0.2) is 15.7 Å². The second-order valence-corrected chi connectivity index (χ2v) is 9.39. The van der Waals surface area contributed by atoms with Crippen molar-refractivity contribution >= 4 is 35.1 Å². The SMILES string of the molecule is COCCCN(C(=O)/C=C/c1c(C)nn(CC(C)C)c1Cl)c1c(N)n(CC(C)C)c(=O)[nH]c1=O. The third-order valence-corrected chi connectivity index (χ3v) is 5.47. The number of aromatic nitrogens is 4. The minimum Gasteiger partial charge on any atom is -0.385 e. The zero-order valence-electron chi connectivity index (χ0n) is 20.7. The molecule has 11 heteroatoms. The first-order valence-corrected chi connectivity index (χ1v) is 11.7. The van der Waals surface area contributed by atoms with Gasteiger partial charge in [-0.1, -0.05) is 39.3 Å². The van der Waals surface area contributed by atoms with E-state index in [4.69, 9.17) is 22.1 Å². The van der Waals surface area contributed by atoms with E-state index < -0.39 is 17.2 Å². The summed E-state index contributed by atoms with van der Waals surface area (Å²) in [6.45, 7) is 11.3. The standard InChI is InChI=1S/C23H35ClN6O4/c1-14(2)12-29-21(25)19(22(32)26-23(29)33)28(10-7-11-34-6)18(31)9-8-17-16(5)27-30(20(17)24)13-15(3)4/h8-9,14-15H,7,10-13,25H2,1-6H3,(H,26,32,33)/b9-8+. The fourth-order valence-electron chi connectivity index (χ4n) is 3.55. The van der Waals surface area contributed by atoms with Crippen LogP contribution in [0, 0.1) is 18.8 Å². The first kappa shape index (κ1) is 27.4. The number of rotatable bonds is 11. The Morgan fingerprint density at radius 3 is 2.47 bits per heavy atom. The van der Waals surface area contributed by atoms with Gasteiger partial charge in [-0.3, -0.25) is 23.8 Å². The second-order valence-electron chi connectivity index (χ2n) is 9.03. The molecule has 1 amide bonds. The number of aryl methyl sites for hydroxylation is 1. The number of anilines is 2. The number of hydrogen-bond donors (Lipinski definition) is 2. The maximum atomic E-state index is 13.3. The maximum Gasteiger partial charge on any atom is 0.330 e. The van der Waals surface area contributed by atoms with Crippen LogP contribution in [0.3, 0.4) is 0 Å². The lowest BCUT2D eigenvalue weighted by molar-refractivity contribution is -0.114. The minimum absolute atomic E-state index is 0.0550. The Balaban J connectivity index is 2.49. The molecule has 0 saturated carbocycles. The molecule has 34 heavy (non-hydrogen) atoms. The van der Waals surface area contributed by atoms with Crippen LogP contribution in [0.4, 0.5) is 11.5 Å². The smallest absolute Gasteiger partial charge is 0.330 e. The molecule has 0 aliphatic rings. The largest absolute Gasteiger partial charge is 0.385 e. The van der Waals surface area contributed by atoms with E-state index in [2.05, 4.69) is 23.9 Å². The summed E-state index contributed by atoms with van der Waals surface area (Å²) < 4.78 is 8.08. The first-order valence-electron chi connectivity index (χ1n) is 11.3. The molecule has 0 radical (unpaired) electrons. The molecule has 2 aromatic heterocycles. The highest BCUT2D eigenvalue weighted by molar-refractivity contribution is 6.31. The summed E-state index contributed by atoms with van der Waals surface area (Å²) in [5.41, 5.74) is 6.15. The number of ether oxygens (including phenoxy) is 1. The lowest BCUT2D eigenvalue weighted by Crippen LogP contribution is -2.41. The number of nitrogens with two attached hydrogens (primary N) is 1. The molecule has 0 bridgehead atoms. The zero-order chi connectivity index (χ0) is 25.6. The molecule has 0 spiro atoms. The molecule has 188 valence electrons. The molecule has 2 rings (SSSR count). The highest BCUT2D eigenvalue weighted by Crippen LogP contribution is 2.23. The Morgan fingerprint density at radius 2 is 1.88 bits per heavy atom. The Kier molecular flexibility index (Phi) is 9.69. The molecule has 0 aromatic carbocycles. The molecule has 2 aromatic rings. The van der Waals surface area contributed by atoms with Crippen molar-refractivity contribution in [2.75, 3.05) is 30.9 Å². The summed E-state index contributed by atoms with van der Waals surface area (Å²) in [6.07, 6.45) is 3.38. The molecule has 2 heterocycles. The number of nitrogens with one attached hydrogen (secondary N) is 1. The molecule has 0 aliphatic heterocycles. The van der Waals surface area contributed by atoms with E-state index in [0.29, 0.717) is 48.4 Å². The Labute approximate surface area is 204 Å². The second kappa shape index (κ2) is 12.0. The van der Waals surface area contributed by atoms with Gasteiger partial charge in [0.25, 0.3) is 11.5 Å². The van der Waals surface area contributed by atoms with E-state index in [0.717, 1.165) is 0 Å². The quantitative estimate of drug-likeness (QED) is 0.365. The maximum absolute atomic E-state index is 13.3. The Hall–Kier alpha value is -2.85. The van der Waals surface area contributed by atoms with Gasteiger partial charge in [-0.25, -0.2) is 4.79 Å². The predicted molar refractivity (Wildman–Crippen MR) is 135 cm³/mol. The van der Waals surface area contributed by atoms with E-state index in [9.17, 15) is 14.4 Å². The number of methoxy groups -OCH3 is 1. The molecular formula is C23H35ClN6O4. The Morgan fingerprint density at radius 1 is 1.24 bits per heavy atom. The van der Waals surface area contributed by atoms with Crippen LogP contribution < -0.4 is 21.9 Å².